The van der Waals surface area contributed by atoms with E-state index in [2.05, 4.69) is 5.32 Å². The van der Waals surface area contributed by atoms with Crippen LogP contribution in [0.2, 0.25) is 0 Å². The van der Waals surface area contributed by atoms with Gasteiger partial charge in [0.1, 0.15) is 0 Å². The van der Waals surface area contributed by atoms with Gasteiger partial charge in [-0.3, -0.25) is 4.79 Å². The molecular formula is C14H20N2O3. The minimum Gasteiger partial charge on any atom is -0.464 e. The van der Waals surface area contributed by atoms with Crippen LogP contribution < -0.4 is 11.1 Å². The fourth-order valence-electron chi connectivity index (χ4n) is 1.79. The molecule has 1 amide bonds. The van der Waals surface area contributed by atoms with E-state index < -0.39 is 17.9 Å². The molecule has 1 aromatic carbocycles. The average molecular weight is 264 g/mol. The third kappa shape index (κ3) is 4.06. The minimum atomic E-state index is -1.29. The molecule has 0 aliphatic rings. The van der Waals surface area contributed by atoms with Crippen molar-refractivity contribution in [1.29, 1.82) is 0 Å². The highest BCUT2D eigenvalue weighted by Gasteiger charge is 2.25. The van der Waals surface area contributed by atoms with Gasteiger partial charge in [0, 0.05) is 0 Å². The Balaban J connectivity index is 2.67. The molecule has 1 aromatic rings. The molecule has 0 bridgehead atoms. The van der Waals surface area contributed by atoms with Crippen LogP contribution in [0.4, 0.5) is 0 Å². The van der Waals surface area contributed by atoms with Crippen LogP contribution in [0.15, 0.2) is 24.3 Å². The number of carbonyl (C=O) groups is 2. The van der Waals surface area contributed by atoms with Crippen LogP contribution in [0, 0.1) is 6.92 Å². The Morgan fingerprint density at radius 2 is 2.00 bits per heavy atom. The first-order valence-corrected chi connectivity index (χ1v) is 6.25. The molecule has 0 fully saturated rings. The number of hydrogen-bond acceptors (Lipinski definition) is 4. The second-order valence-electron chi connectivity index (χ2n) is 4.32. The predicted octanol–water partition coefficient (Wildman–Crippen LogP) is 1.06. The Morgan fingerprint density at radius 3 is 2.58 bits per heavy atom. The zero-order valence-electron chi connectivity index (χ0n) is 11.5. The number of aryl methyl sites for hydroxylation is 1. The Kier molecular flexibility index (Phi) is 5.51. The standard InChI is InChI=1S/C14H20N2O3/c1-4-19-14(18)12(15)13(17)16-10(3)11-8-6-5-7-9(11)2/h5-8,10,12H,4,15H2,1-3H3,(H,16,17)/t10-,12?/m0/s1. The second-order valence-corrected chi connectivity index (χ2v) is 4.32. The van der Waals surface area contributed by atoms with E-state index >= 15 is 0 Å². The van der Waals surface area contributed by atoms with E-state index in [0.717, 1.165) is 11.1 Å². The lowest BCUT2D eigenvalue weighted by Crippen LogP contribution is -2.47. The molecule has 0 radical (unpaired) electrons. The number of carbonyl (C=O) groups excluding carboxylic acids is 2. The summed E-state index contributed by atoms with van der Waals surface area (Å²) in [6.45, 7) is 5.67. The summed E-state index contributed by atoms with van der Waals surface area (Å²) >= 11 is 0. The lowest BCUT2D eigenvalue weighted by atomic mass is 10.0. The van der Waals surface area contributed by atoms with Crippen molar-refractivity contribution in [3.8, 4) is 0 Å². The largest absolute Gasteiger partial charge is 0.464 e. The molecule has 1 unspecified atom stereocenters. The average Bonchev–Trinajstić information content (AvgIpc) is 2.38. The van der Waals surface area contributed by atoms with Gasteiger partial charge in [-0.25, -0.2) is 4.79 Å². The maximum atomic E-state index is 11.8. The van der Waals surface area contributed by atoms with Gasteiger partial charge in [-0.15, -0.1) is 0 Å². The monoisotopic (exact) mass is 264 g/mol. The number of esters is 1. The normalized spacial score (nSPS) is 13.5. The fourth-order valence-corrected chi connectivity index (χ4v) is 1.79. The molecule has 0 saturated heterocycles. The van der Waals surface area contributed by atoms with Crippen molar-refractivity contribution >= 4 is 11.9 Å². The summed E-state index contributed by atoms with van der Waals surface area (Å²) in [6, 6.07) is 6.22. The number of nitrogens with two attached hydrogens (primary N) is 1. The second kappa shape index (κ2) is 6.89. The van der Waals surface area contributed by atoms with Crippen LogP contribution in [-0.2, 0) is 14.3 Å². The first kappa shape index (κ1) is 15.2. The van der Waals surface area contributed by atoms with E-state index in [1.54, 1.807) is 6.92 Å². The molecule has 0 saturated carbocycles. The Hall–Kier alpha value is -1.88. The third-order valence-electron chi connectivity index (χ3n) is 2.84. The molecule has 0 heterocycles. The summed E-state index contributed by atoms with van der Waals surface area (Å²) in [5.41, 5.74) is 7.59. The van der Waals surface area contributed by atoms with Gasteiger partial charge in [0.05, 0.1) is 12.6 Å². The first-order chi connectivity index (χ1) is 8.97. The van der Waals surface area contributed by atoms with Crippen molar-refractivity contribution < 1.29 is 14.3 Å². The van der Waals surface area contributed by atoms with Gasteiger partial charge in [-0.1, -0.05) is 24.3 Å². The van der Waals surface area contributed by atoms with Crippen LogP contribution in [0.25, 0.3) is 0 Å². The molecule has 2 atom stereocenters. The number of amides is 1. The van der Waals surface area contributed by atoms with Crippen LogP contribution in [0.1, 0.15) is 31.0 Å². The van der Waals surface area contributed by atoms with Crippen LogP contribution in [0.5, 0.6) is 0 Å². The highest BCUT2D eigenvalue weighted by atomic mass is 16.5. The van der Waals surface area contributed by atoms with Gasteiger partial charge in [-0.2, -0.15) is 0 Å². The quantitative estimate of drug-likeness (QED) is 0.615. The summed E-state index contributed by atoms with van der Waals surface area (Å²) in [6.07, 6.45) is 0. The van der Waals surface area contributed by atoms with Crippen LogP contribution in [0.3, 0.4) is 0 Å². The van der Waals surface area contributed by atoms with Gasteiger partial charge >= 0.3 is 5.97 Å². The van der Waals surface area contributed by atoms with Crippen molar-refractivity contribution in [2.45, 2.75) is 32.9 Å². The number of benzene rings is 1. The Morgan fingerprint density at radius 1 is 1.37 bits per heavy atom. The SMILES string of the molecule is CCOC(=O)C(N)C(=O)N[C@@H](C)c1ccccc1C. The fraction of sp³-hybridized carbons (Fsp3) is 0.429. The number of nitrogens with one attached hydrogen (secondary N) is 1. The summed E-state index contributed by atoms with van der Waals surface area (Å²) in [5.74, 6) is -1.24. The Bertz CT molecular complexity index is 460. The van der Waals surface area contributed by atoms with Crippen molar-refractivity contribution in [3.63, 3.8) is 0 Å². The van der Waals surface area contributed by atoms with Gasteiger partial charge in [0.15, 0.2) is 6.04 Å². The van der Waals surface area contributed by atoms with E-state index in [9.17, 15) is 9.59 Å². The van der Waals surface area contributed by atoms with Crippen LogP contribution >= 0.6 is 0 Å². The lowest BCUT2D eigenvalue weighted by molar-refractivity contribution is -0.148. The van der Waals surface area contributed by atoms with Crippen molar-refractivity contribution in [3.05, 3.63) is 35.4 Å². The smallest absolute Gasteiger partial charge is 0.332 e. The molecule has 3 N–H and O–H groups in total. The number of ether oxygens (including phenoxy) is 1. The van der Waals surface area contributed by atoms with E-state index in [-0.39, 0.29) is 12.6 Å². The lowest BCUT2D eigenvalue weighted by Gasteiger charge is -2.18. The molecule has 0 aromatic heterocycles. The molecular weight excluding hydrogens is 244 g/mol. The topological polar surface area (TPSA) is 81.4 Å². The predicted molar refractivity (Wildman–Crippen MR) is 72.3 cm³/mol. The summed E-state index contributed by atoms with van der Waals surface area (Å²) in [7, 11) is 0. The molecule has 19 heavy (non-hydrogen) atoms. The van der Waals surface area contributed by atoms with Crippen molar-refractivity contribution in [1.82, 2.24) is 5.32 Å². The third-order valence-corrected chi connectivity index (χ3v) is 2.84. The molecule has 5 heteroatoms. The zero-order chi connectivity index (χ0) is 14.4. The van der Waals surface area contributed by atoms with E-state index in [0.29, 0.717) is 0 Å². The van der Waals surface area contributed by atoms with Gasteiger partial charge < -0.3 is 15.8 Å². The van der Waals surface area contributed by atoms with E-state index in [1.165, 1.54) is 0 Å². The van der Waals surface area contributed by atoms with Gasteiger partial charge in [0.25, 0.3) is 0 Å². The molecule has 0 aliphatic carbocycles. The van der Waals surface area contributed by atoms with E-state index in [1.807, 2.05) is 38.1 Å². The Labute approximate surface area is 113 Å². The highest BCUT2D eigenvalue weighted by molar-refractivity contribution is 6.01. The van der Waals surface area contributed by atoms with E-state index in [4.69, 9.17) is 10.5 Å². The molecule has 104 valence electrons. The van der Waals surface area contributed by atoms with Crippen molar-refractivity contribution in [2.24, 2.45) is 5.73 Å². The maximum absolute atomic E-state index is 11.8. The van der Waals surface area contributed by atoms with Gasteiger partial charge in [0.2, 0.25) is 5.91 Å². The zero-order valence-corrected chi connectivity index (χ0v) is 11.5. The molecule has 0 aliphatic heterocycles. The molecule has 5 nitrogen and oxygen atoms in total. The minimum absolute atomic E-state index is 0.202. The maximum Gasteiger partial charge on any atom is 0.332 e. The highest BCUT2D eigenvalue weighted by Crippen LogP contribution is 2.16. The molecule has 0 spiro atoms. The van der Waals surface area contributed by atoms with Crippen LogP contribution in [-0.4, -0.2) is 24.5 Å². The van der Waals surface area contributed by atoms with Gasteiger partial charge in [-0.05, 0) is 31.9 Å². The summed E-state index contributed by atoms with van der Waals surface area (Å²) in [4.78, 5) is 23.2. The summed E-state index contributed by atoms with van der Waals surface area (Å²) < 4.78 is 4.71. The number of rotatable bonds is 5. The van der Waals surface area contributed by atoms with Crippen molar-refractivity contribution in [2.75, 3.05) is 6.61 Å². The molecule has 1 rings (SSSR count). The summed E-state index contributed by atoms with van der Waals surface area (Å²) in [5, 5.41) is 2.71. The first-order valence-electron chi connectivity index (χ1n) is 6.25. The number of hydrogen-bond donors (Lipinski definition) is 2.